The lowest BCUT2D eigenvalue weighted by Crippen LogP contribution is -1.61. The Morgan fingerprint density at radius 2 is 1.45 bits per heavy atom. The molecule has 0 bridgehead atoms. The summed E-state index contributed by atoms with van der Waals surface area (Å²) in [6, 6.07) is 5.85. The molecule has 0 radical (unpaired) electrons. The van der Waals surface area contributed by atoms with E-state index >= 15 is 0 Å². The number of rotatable bonds is 0. The van der Waals surface area contributed by atoms with Crippen molar-refractivity contribution in [1.82, 2.24) is 0 Å². The molecule has 3 nitrogen and oxygen atoms in total. The normalized spacial score (nSPS) is 6.91. The minimum atomic E-state index is 0. The first-order valence-electron chi connectivity index (χ1n) is 2.56. The molecular weight excluding hydrogens is 144 g/mol. The number of phenolic OH excluding ortho intramolecular Hbond substituents is 2. The van der Waals surface area contributed by atoms with Crippen LogP contribution < -0.4 is 0 Å². The van der Waals surface area contributed by atoms with Gasteiger partial charge >= 0.3 is 0 Å². The third-order valence-electron chi connectivity index (χ3n) is 0.830. The average Bonchev–Trinajstić information content (AvgIpc) is 1.91. The van der Waals surface area contributed by atoms with E-state index in [9.17, 15) is 0 Å². The Morgan fingerprint density at radius 1 is 1.09 bits per heavy atom. The quantitative estimate of drug-likeness (QED) is 0.599. The van der Waals surface area contributed by atoms with Gasteiger partial charge in [0.25, 0.3) is 0 Å². The van der Waals surface area contributed by atoms with Gasteiger partial charge in [0.2, 0.25) is 0 Å². The highest BCUT2D eigenvalue weighted by molar-refractivity contribution is 5.30. The maximum atomic E-state index is 8.65. The molecule has 2 N–H and O–H groups in total. The smallest absolute Gasteiger partial charge is 0.119 e. The van der Waals surface area contributed by atoms with Crippen LogP contribution in [-0.4, -0.2) is 17.0 Å². The molecule has 0 amide bonds. The number of hydrogen-bond donors (Lipinski definition) is 2. The van der Waals surface area contributed by atoms with Gasteiger partial charge < -0.3 is 15.0 Å². The van der Waals surface area contributed by atoms with Crippen molar-refractivity contribution in [2.45, 2.75) is 7.43 Å². The first-order chi connectivity index (χ1) is 4.79. The number of hydrogen-bond acceptors (Lipinski definition) is 3. The summed E-state index contributed by atoms with van der Waals surface area (Å²) in [4.78, 5) is 8.00. The maximum absolute atomic E-state index is 8.65. The predicted molar refractivity (Wildman–Crippen MR) is 43.6 cm³/mol. The van der Waals surface area contributed by atoms with Gasteiger partial charge in [-0.2, -0.15) is 0 Å². The minimum absolute atomic E-state index is 0. The minimum Gasteiger partial charge on any atom is -0.508 e. The van der Waals surface area contributed by atoms with Gasteiger partial charge in [-0.15, -0.1) is 0 Å². The van der Waals surface area contributed by atoms with Crippen molar-refractivity contribution in [2.75, 3.05) is 0 Å². The van der Waals surface area contributed by atoms with Crippen molar-refractivity contribution >= 4 is 6.79 Å². The van der Waals surface area contributed by atoms with Gasteiger partial charge in [-0.25, -0.2) is 0 Å². The van der Waals surface area contributed by atoms with E-state index in [1.54, 1.807) is 6.07 Å². The molecule has 0 aromatic heterocycles. The van der Waals surface area contributed by atoms with E-state index in [-0.39, 0.29) is 18.9 Å². The van der Waals surface area contributed by atoms with Crippen molar-refractivity contribution in [3.8, 4) is 11.5 Å². The lowest BCUT2D eigenvalue weighted by Gasteiger charge is -1.89. The molecule has 0 fully saturated rings. The zero-order valence-electron chi connectivity index (χ0n) is 5.32. The molecule has 62 valence electrons. The number of phenols is 2. The van der Waals surface area contributed by atoms with Crippen molar-refractivity contribution in [1.29, 1.82) is 0 Å². The predicted octanol–water partition coefficient (Wildman–Crippen LogP) is 1.55. The highest BCUT2D eigenvalue weighted by atomic mass is 16.3. The highest BCUT2D eigenvalue weighted by Gasteiger charge is 1.85. The van der Waals surface area contributed by atoms with Crippen LogP contribution >= 0.6 is 0 Å². The van der Waals surface area contributed by atoms with Crippen LogP contribution in [0.2, 0.25) is 0 Å². The number of aromatic hydroxyl groups is 2. The molecule has 0 saturated heterocycles. The molecule has 3 heteroatoms. The number of carbonyl (C=O) groups is 1. The van der Waals surface area contributed by atoms with Gasteiger partial charge in [0.05, 0.1) is 0 Å². The molecule has 1 rings (SSSR count). The van der Waals surface area contributed by atoms with Gasteiger partial charge in [0, 0.05) is 6.07 Å². The first-order valence-corrected chi connectivity index (χ1v) is 2.56. The van der Waals surface area contributed by atoms with Crippen molar-refractivity contribution < 1.29 is 15.0 Å². The molecule has 1 aromatic rings. The molecule has 0 atom stereocenters. The Kier molecular flexibility index (Phi) is 7.32. The Bertz CT molecular complexity index is 181. The Morgan fingerprint density at radius 3 is 1.64 bits per heavy atom. The molecule has 0 unspecified atom stereocenters. The maximum Gasteiger partial charge on any atom is 0.119 e. The van der Waals surface area contributed by atoms with Gasteiger partial charge in [-0.3, -0.25) is 0 Å². The first kappa shape index (κ1) is 12.2. The second-order valence-corrected chi connectivity index (χ2v) is 1.52. The molecule has 0 heterocycles. The second kappa shape index (κ2) is 6.61. The Balaban J connectivity index is 0. The van der Waals surface area contributed by atoms with E-state index in [1.807, 2.05) is 6.79 Å². The molecule has 0 spiro atoms. The van der Waals surface area contributed by atoms with Crippen LogP contribution in [0.5, 0.6) is 11.5 Å². The monoisotopic (exact) mass is 156 g/mol. The summed E-state index contributed by atoms with van der Waals surface area (Å²) in [6.45, 7) is 2.00. The van der Waals surface area contributed by atoms with Crippen molar-refractivity contribution in [2.24, 2.45) is 0 Å². The van der Waals surface area contributed by atoms with Gasteiger partial charge in [0.1, 0.15) is 18.3 Å². The lowest BCUT2D eigenvalue weighted by molar-refractivity contribution is -0.0979. The molecule has 1 aromatic carbocycles. The number of benzene rings is 1. The standard InChI is InChI=1S/C6H6O2.CH2O.CH4/c7-5-2-1-3-6(8)4-5;1-2;/h1-4,7-8H;1H2;1H4. The van der Waals surface area contributed by atoms with Crippen molar-refractivity contribution in [3.05, 3.63) is 24.3 Å². The Hall–Kier alpha value is -1.51. The van der Waals surface area contributed by atoms with E-state index in [4.69, 9.17) is 15.0 Å². The van der Waals surface area contributed by atoms with Gasteiger partial charge in [-0.1, -0.05) is 13.5 Å². The molecule has 11 heavy (non-hydrogen) atoms. The van der Waals surface area contributed by atoms with Gasteiger partial charge in [-0.05, 0) is 12.1 Å². The van der Waals surface area contributed by atoms with E-state index < -0.39 is 0 Å². The summed E-state index contributed by atoms with van der Waals surface area (Å²) in [5, 5.41) is 17.3. The van der Waals surface area contributed by atoms with Crippen LogP contribution in [0.1, 0.15) is 7.43 Å². The third-order valence-corrected chi connectivity index (χ3v) is 0.830. The van der Waals surface area contributed by atoms with Gasteiger partial charge in [0.15, 0.2) is 0 Å². The summed E-state index contributed by atoms with van der Waals surface area (Å²) >= 11 is 0. The van der Waals surface area contributed by atoms with Crippen LogP contribution in [-0.2, 0) is 4.79 Å². The van der Waals surface area contributed by atoms with E-state index in [0.717, 1.165) is 0 Å². The summed E-state index contributed by atoms with van der Waals surface area (Å²) in [6.07, 6.45) is 0. The molecule has 0 aliphatic rings. The molecule has 0 aliphatic heterocycles. The highest BCUT2D eigenvalue weighted by Crippen LogP contribution is 2.14. The summed E-state index contributed by atoms with van der Waals surface area (Å²) in [7, 11) is 0. The lowest BCUT2D eigenvalue weighted by atomic mass is 10.3. The molecular formula is C8H12O3. The van der Waals surface area contributed by atoms with E-state index in [2.05, 4.69) is 0 Å². The third kappa shape index (κ3) is 4.96. The fourth-order valence-corrected chi connectivity index (χ4v) is 0.493. The van der Waals surface area contributed by atoms with Crippen LogP contribution in [0.25, 0.3) is 0 Å². The SMILES string of the molecule is C.C=O.Oc1cccc(O)c1. The topological polar surface area (TPSA) is 57.5 Å². The van der Waals surface area contributed by atoms with Crippen LogP contribution in [0.3, 0.4) is 0 Å². The van der Waals surface area contributed by atoms with Crippen LogP contribution in [0.15, 0.2) is 24.3 Å². The average molecular weight is 156 g/mol. The van der Waals surface area contributed by atoms with Crippen LogP contribution in [0, 0.1) is 0 Å². The van der Waals surface area contributed by atoms with E-state index in [1.165, 1.54) is 18.2 Å². The summed E-state index contributed by atoms with van der Waals surface area (Å²) in [5.74, 6) is 0.176. The largest absolute Gasteiger partial charge is 0.508 e. The molecule has 0 aliphatic carbocycles. The summed E-state index contributed by atoms with van der Waals surface area (Å²) < 4.78 is 0. The van der Waals surface area contributed by atoms with Crippen molar-refractivity contribution in [3.63, 3.8) is 0 Å². The summed E-state index contributed by atoms with van der Waals surface area (Å²) in [5.41, 5.74) is 0. The number of carbonyl (C=O) groups excluding carboxylic acids is 1. The fourth-order valence-electron chi connectivity index (χ4n) is 0.493. The Labute approximate surface area is 65.9 Å². The van der Waals surface area contributed by atoms with E-state index in [0.29, 0.717) is 0 Å². The second-order valence-electron chi connectivity index (χ2n) is 1.52. The van der Waals surface area contributed by atoms with Crippen LogP contribution in [0.4, 0.5) is 0 Å². The fraction of sp³-hybridized carbons (Fsp3) is 0.125. The molecule has 0 saturated carbocycles. The zero-order chi connectivity index (χ0) is 7.98. The zero-order valence-corrected chi connectivity index (χ0v) is 5.32.